The molecule has 2 aliphatic rings. The topological polar surface area (TPSA) is 49.4 Å². The standard InChI is InChI=1S/C10H20N2O2S/c1-8(2)12-6-5-10(7-12)15(13,14)11-9-3-4-9/h8-11H,3-7H2,1-2H3. The number of hydrogen-bond donors (Lipinski definition) is 1. The highest BCUT2D eigenvalue weighted by Crippen LogP contribution is 2.24. The van der Waals surface area contributed by atoms with Gasteiger partial charge in [-0.05, 0) is 39.7 Å². The molecule has 4 nitrogen and oxygen atoms in total. The molecule has 0 spiro atoms. The number of hydrogen-bond acceptors (Lipinski definition) is 3. The molecule has 2 fully saturated rings. The van der Waals surface area contributed by atoms with E-state index in [-0.39, 0.29) is 11.3 Å². The fourth-order valence-corrected chi connectivity index (χ4v) is 3.70. The van der Waals surface area contributed by atoms with Gasteiger partial charge in [-0.2, -0.15) is 0 Å². The average Bonchev–Trinajstić information content (AvgIpc) is 2.80. The highest BCUT2D eigenvalue weighted by Gasteiger charge is 2.37. The minimum Gasteiger partial charge on any atom is -0.300 e. The normalized spacial score (nSPS) is 28.9. The summed E-state index contributed by atoms with van der Waals surface area (Å²) in [7, 11) is -3.05. The van der Waals surface area contributed by atoms with E-state index in [1.807, 2.05) is 0 Å². The zero-order chi connectivity index (χ0) is 11.1. The summed E-state index contributed by atoms with van der Waals surface area (Å²) in [6, 6.07) is 0.689. The molecule has 0 aromatic carbocycles. The van der Waals surface area contributed by atoms with Crippen LogP contribution in [0.4, 0.5) is 0 Å². The summed E-state index contributed by atoms with van der Waals surface area (Å²) in [5.41, 5.74) is 0. The van der Waals surface area contributed by atoms with Gasteiger partial charge >= 0.3 is 0 Å². The van der Waals surface area contributed by atoms with E-state index in [4.69, 9.17) is 0 Å². The van der Waals surface area contributed by atoms with Crippen molar-refractivity contribution >= 4 is 10.0 Å². The number of rotatable bonds is 4. The van der Waals surface area contributed by atoms with Crippen LogP contribution >= 0.6 is 0 Å². The Hall–Kier alpha value is -0.130. The first-order valence-corrected chi connectivity index (χ1v) is 7.29. The van der Waals surface area contributed by atoms with Crippen LogP contribution in [0.15, 0.2) is 0 Å². The molecule has 0 aromatic heterocycles. The number of sulfonamides is 1. The van der Waals surface area contributed by atoms with E-state index in [2.05, 4.69) is 23.5 Å². The van der Waals surface area contributed by atoms with Crippen LogP contribution in [0.1, 0.15) is 33.1 Å². The van der Waals surface area contributed by atoms with Gasteiger partial charge in [-0.1, -0.05) is 0 Å². The Kier molecular flexibility index (Phi) is 3.05. The molecule has 88 valence electrons. The summed E-state index contributed by atoms with van der Waals surface area (Å²) >= 11 is 0. The monoisotopic (exact) mass is 232 g/mol. The largest absolute Gasteiger partial charge is 0.300 e. The number of likely N-dealkylation sites (tertiary alicyclic amines) is 1. The second kappa shape index (κ2) is 4.03. The van der Waals surface area contributed by atoms with Crippen LogP contribution in [0.5, 0.6) is 0 Å². The van der Waals surface area contributed by atoms with Crippen LogP contribution in [0.2, 0.25) is 0 Å². The third-order valence-corrected chi connectivity index (χ3v) is 5.18. The van der Waals surface area contributed by atoms with Crippen LogP contribution in [0, 0.1) is 0 Å². The smallest absolute Gasteiger partial charge is 0.216 e. The quantitative estimate of drug-likeness (QED) is 0.770. The number of nitrogens with one attached hydrogen (secondary N) is 1. The van der Waals surface area contributed by atoms with Crippen LogP contribution in [0.25, 0.3) is 0 Å². The molecule has 0 radical (unpaired) electrons. The van der Waals surface area contributed by atoms with Crippen molar-refractivity contribution < 1.29 is 8.42 Å². The van der Waals surface area contributed by atoms with Crippen LogP contribution in [-0.4, -0.2) is 43.7 Å². The first kappa shape index (κ1) is 11.4. The first-order valence-electron chi connectivity index (χ1n) is 5.74. The van der Waals surface area contributed by atoms with E-state index in [1.54, 1.807) is 0 Å². The summed E-state index contributed by atoms with van der Waals surface area (Å²) < 4.78 is 26.6. The van der Waals surface area contributed by atoms with Crippen molar-refractivity contribution in [1.29, 1.82) is 0 Å². The van der Waals surface area contributed by atoms with Crippen LogP contribution in [-0.2, 0) is 10.0 Å². The van der Waals surface area contributed by atoms with Gasteiger partial charge in [0.15, 0.2) is 0 Å². The van der Waals surface area contributed by atoms with Crippen molar-refractivity contribution in [2.45, 2.75) is 50.4 Å². The predicted octanol–water partition coefficient (Wildman–Crippen LogP) is 0.551. The molecule has 0 amide bonds. The van der Waals surface area contributed by atoms with Crippen molar-refractivity contribution in [2.24, 2.45) is 0 Å². The van der Waals surface area contributed by atoms with Gasteiger partial charge in [0.05, 0.1) is 5.25 Å². The predicted molar refractivity (Wildman–Crippen MR) is 60.2 cm³/mol. The summed E-state index contributed by atoms with van der Waals surface area (Å²) in [6.07, 6.45) is 2.81. The van der Waals surface area contributed by atoms with Crippen molar-refractivity contribution in [3.63, 3.8) is 0 Å². The Morgan fingerprint density at radius 1 is 1.27 bits per heavy atom. The highest BCUT2D eigenvalue weighted by molar-refractivity contribution is 7.90. The van der Waals surface area contributed by atoms with Gasteiger partial charge in [-0.3, -0.25) is 4.90 Å². The number of nitrogens with zero attached hydrogens (tertiary/aromatic N) is 1. The van der Waals surface area contributed by atoms with Crippen molar-refractivity contribution in [3.05, 3.63) is 0 Å². The Bertz CT molecular complexity index is 322. The van der Waals surface area contributed by atoms with Crippen LogP contribution in [0.3, 0.4) is 0 Å². The molecule has 1 N–H and O–H groups in total. The Labute approximate surface area is 92.1 Å². The van der Waals surface area contributed by atoms with E-state index in [1.165, 1.54) is 0 Å². The lowest BCUT2D eigenvalue weighted by Crippen LogP contribution is -2.38. The summed E-state index contributed by atoms with van der Waals surface area (Å²) in [5, 5.41) is -0.194. The molecular formula is C10H20N2O2S. The van der Waals surface area contributed by atoms with E-state index in [0.29, 0.717) is 12.6 Å². The van der Waals surface area contributed by atoms with E-state index in [0.717, 1.165) is 25.8 Å². The Morgan fingerprint density at radius 2 is 1.93 bits per heavy atom. The average molecular weight is 232 g/mol. The third kappa shape index (κ3) is 2.71. The van der Waals surface area contributed by atoms with Crippen molar-refractivity contribution in [2.75, 3.05) is 13.1 Å². The lowest BCUT2D eigenvalue weighted by atomic mass is 10.3. The molecule has 1 saturated heterocycles. The van der Waals surface area contributed by atoms with E-state index < -0.39 is 10.0 Å². The second-order valence-corrected chi connectivity index (χ2v) is 6.93. The lowest BCUT2D eigenvalue weighted by Gasteiger charge is -2.20. The molecule has 0 aromatic rings. The minimum absolute atomic E-state index is 0.194. The molecule has 1 atom stereocenters. The Balaban J connectivity index is 1.94. The Morgan fingerprint density at radius 3 is 2.40 bits per heavy atom. The highest BCUT2D eigenvalue weighted by atomic mass is 32.2. The molecule has 1 heterocycles. The maximum Gasteiger partial charge on any atom is 0.216 e. The van der Waals surface area contributed by atoms with Crippen LogP contribution < -0.4 is 4.72 Å². The zero-order valence-electron chi connectivity index (χ0n) is 9.44. The lowest BCUT2D eigenvalue weighted by molar-refractivity contribution is 0.276. The van der Waals surface area contributed by atoms with E-state index in [9.17, 15) is 8.42 Å². The minimum atomic E-state index is -3.05. The van der Waals surface area contributed by atoms with Gasteiger partial charge in [-0.15, -0.1) is 0 Å². The molecule has 2 rings (SSSR count). The second-order valence-electron chi connectivity index (χ2n) is 4.94. The SMILES string of the molecule is CC(C)N1CCC(S(=O)(=O)NC2CC2)C1. The summed E-state index contributed by atoms with van der Waals surface area (Å²) in [6.45, 7) is 5.83. The van der Waals surface area contributed by atoms with Gasteiger partial charge in [0.2, 0.25) is 10.0 Å². The maximum atomic E-state index is 11.9. The summed E-state index contributed by atoms with van der Waals surface area (Å²) in [5.74, 6) is 0. The molecular weight excluding hydrogens is 212 g/mol. The van der Waals surface area contributed by atoms with Gasteiger partial charge < -0.3 is 0 Å². The molecule has 1 aliphatic carbocycles. The van der Waals surface area contributed by atoms with Gasteiger partial charge in [0, 0.05) is 18.6 Å². The summed E-state index contributed by atoms with van der Waals surface area (Å²) in [4.78, 5) is 2.23. The molecule has 1 unspecified atom stereocenters. The molecule has 1 aliphatic heterocycles. The van der Waals surface area contributed by atoms with Crippen molar-refractivity contribution in [3.8, 4) is 0 Å². The molecule has 15 heavy (non-hydrogen) atoms. The van der Waals surface area contributed by atoms with Gasteiger partial charge in [0.25, 0.3) is 0 Å². The molecule has 0 bridgehead atoms. The van der Waals surface area contributed by atoms with Gasteiger partial charge in [0.1, 0.15) is 0 Å². The van der Waals surface area contributed by atoms with Gasteiger partial charge in [-0.25, -0.2) is 13.1 Å². The fraction of sp³-hybridized carbons (Fsp3) is 1.00. The zero-order valence-corrected chi connectivity index (χ0v) is 10.3. The molecule has 5 heteroatoms. The molecule has 1 saturated carbocycles. The maximum absolute atomic E-state index is 11.9. The van der Waals surface area contributed by atoms with Crippen molar-refractivity contribution in [1.82, 2.24) is 9.62 Å². The third-order valence-electron chi connectivity index (χ3n) is 3.25. The first-order chi connectivity index (χ1) is 6.99. The van der Waals surface area contributed by atoms with E-state index >= 15 is 0 Å². The fourth-order valence-electron chi connectivity index (χ4n) is 2.01.